The van der Waals surface area contributed by atoms with E-state index in [1.165, 1.54) is 42.5 Å². The van der Waals surface area contributed by atoms with E-state index in [-0.39, 0.29) is 5.78 Å². The van der Waals surface area contributed by atoms with E-state index in [1.807, 2.05) is 0 Å². The van der Waals surface area contributed by atoms with Crippen LogP contribution in [0.1, 0.15) is 21.5 Å². The minimum Gasteiger partial charge on any atom is -0.364 e. The Morgan fingerprint density at radius 1 is 0.677 bits per heavy atom. The second-order valence-corrected chi connectivity index (χ2v) is 7.68. The molecule has 0 unspecified atom stereocenters. The molecule has 1 aliphatic heterocycles. The van der Waals surface area contributed by atoms with Gasteiger partial charge in [0, 0.05) is 56.6 Å². The van der Waals surface area contributed by atoms with Gasteiger partial charge in [-0.3, -0.25) is 4.79 Å². The van der Waals surface area contributed by atoms with Crippen molar-refractivity contribution in [2.45, 2.75) is 5.54 Å². The number of anilines is 1. The summed E-state index contributed by atoms with van der Waals surface area (Å²) in [6, 6.07) is 12.5. The van der Waals surface area contributed by atoms with Crippen LogP contribution in [0.3, 0.4) is 0 Å². The van der Waals surface area contributed by atoms with Crippen LogP contribution in [0.25, 0.3) is 21.8 Å². The Morgan fingerprint density at radius 2 is 1.19 bits per heavy atom. The summed E-state index contributed by atoms with van der Waals surface area (Å²) >= 11 is 0. The van der Waals surface area contributed by atoms with Crippen LogP contribution in [-0.2, 0) is 5.54 Å². The van der Waals surface area contributed by atoms with Crippen LogP contribution in [0.15, 0.2) is 67.0 Å². The average molecular weight is 417 g/mol. The van der Waals surface area contributed by atoms with Gasteiger partial charge >= 0.3 is 0 Å². The molecule has 3 heterocycles. The molecule has 0 bridgehead atoms. The summed E-state index contributed by atoms with van der Waals surface area (Å²) in [5.74, 6) is -1.57. The van der Waals surface area contributed by atoms with E-state index in [0.717, 1.165) is 0 Å². The van der Waals surface area contributed by atoms with E-state index in [9.17, 15) is 18.0 Å². The first kappa shape index (κ1) is 17.8. The molecule has 0 amide bonds. The summed E-state index contributed by atoms with van der Waals surface area (Å²) < 4.78 is 41.6. The van der Waals surface area contributed by atoms with Gasteiger partial charge < -0.3 is 15.3 Å². The van der Waals surface area contributed by atoms with Gasteiger partial charge in [0.25, 0.3) is 0 Å². The number of hydrogen-bond acceptors (Lipinski definition) is 2. The number of rotatable bonds is 2. The van der Waals surface area contributed by atoms with Crippen LogP contribution in [0.2, 0.25) is 0 Å². The van der Waals surface area contributed by atoms with E-state index in [4.69, 9.17) is 0 Å². The Morgan fingerprint density at radius 3 is 1.77 bits per heavy atom. The maximum Gasteiger partial charge on any atom is 0.199 e. The molecule has 3 aromatic carbocycles. The molecule has 152 valence electrons. The summed E-state index contributed by atoms with van der Waals surface area (Å²) in [5.41, 5.74) is 1.47. The maximum atomic E-state index is 14.0. The Balaban J connectivity index is 1.70. The smallest absolute Gasteiger partial charge is 0.199 e. The van der Waals surface area contributed by atoms with Gasteiger partial charge in [-0.1, -0.05) is 0 Å². The number of hydrogen-bond donors (Lipinski definition) is 3. The van der Waals surface area contributed by atoms with Gasteiger partial charge in [-0.2, -0.15) is 0 Å². The van der Waals surface area contributed by atoms with Gasteiger partial charge in [0.05, 0.1) is 0 Å². The molecule has 5 aromatic rings. The fourth-order valence-electron chi connectivity index (χ4n) is 4.62. The third kappa shape index (κ3) is 2.34. The van der Waals surface area contributed by atoms with Gasteiger partial charge in [-0.25, -0.2) is 13.2 Å². The summed E-state index contributed by atoms with van der Waals surface area (Å²) in [7, 11) is 0. The fraction of sp³-hybridized carbons (Fsp3) is 0.0417. The topological polar surface area (TPSA) is 60.7 Å². The van der Waals surface area contributed by atoms with Crippen LogP contribution in [0.4, 0.5) is 18.9 Å². The van der Waals surface area contributed by atoms with Gasteiger partial charge in [-0.05, 0) is 54.6 Å². The molecular weight excluding hydrogens is 403 g/mol. The molecule has 31 heavy (non-hydrogen) atoms. The van der Waals surface area contributed by atoms with Gasteiger partial charge in [-0.15, -0.1) is 0 Å². The first-order valence-electron chi connectivity index (χ1n) is 9.64. The summed E-state index contributed by atoms with van der Waals surface area (Å²) in [5, 5.41) is 4.53. The Kier molecular flexibility index (Phi) is 3.46. The maximum absolute atomic E-state index is 14.0. The molecule has 1 aliphatic rings. The number of Topliss-reactive ketones (excluding diaryl/α,β-unsaturated/α-hetero) is 1. The molecule has 0 radical (unpaired) electrons. The molecule has 0 saturated carbocycles. The molecule has 3 N–H and O–H groups in total. The van der Waals surface area contributed by atoms with Crippen molar-refractivity contribution in [3.8, 4) is 0 Å². The normalized spacial score (nSPS) is 14.9. The Bertz CT molecular complexity index is 1450. The van der Waals surface area contributed by atoms with Crippen molar-refractivity contribution in [3.05, 3.63) is 101 Å². The number of fused-ring (bicyclic) bond motifs is 3. The lowest BCUT2D eigenvalue weighted by molar-refractivity contribution is 0.0942. The SMILES string of the molecule is O=C1c2ccc(F)cc2NC1(c1c[nH]c2cc(F)ccc12)c1c[nH]c2cc(F)ccc12. The molecule has 0 saturated heterocycles. The number of ketones is 1. The van der Waals surface area contributed by atoms with Crippen LogP contribution in [0.5, 0.6) is 0 Å². The van der Waals surface area contributed by atoms with Crippen molar-refractivity contribution >= 4 is 33.3 Å². The summed E-state index contributed by atoms with van der Waals surface area (Å²) in [6.45, 7) is 0. The molecule has 0 fully saturated rings. The van der Waals surface area contributed by atoms with Crippen LogP contribution >= 0.6 is 0 Å². The van der Waals surface area contributed by atoms with E-state index in [0.29, 0.717) is 44.2 Å². The van der Waals surface area contributed by atoms with Crippen LogP contribution in [0, 0.1) is 17.5 Å². The third-order valence-corrected chi connectivity index (χ3v) is 5.98. The minimum atomic E-state index is -1.41. The average Bonchev–Trinajstić information content (AvgIpc) is 3.42. The number of halogens is 3. The molecule has 0 atom stereocenters. The molecule has 6 rings (SSSR count). The Labute approximate surface area is 173 Å². The lowest BCUT2D eigenvalue weighted by atomic mass is 9.79. The second kappa shape index (κ2) is 6.01. The van der Waals surface area contributed by atoms with Crippen molar-refractivity contribution < 1.29 is 18.0 Å². The highest BCUT2D eigenvalue weighted by molar-refractivity contribution is 6.18. The standard InChI is InChI=1S/C24H14F3N3O/c25-12-1-4-15-18(10-28-20(15)7-12)24(19-11-29-21-8-13(26)2-5-16(19)21)23(31)17-6-3-14(27)9-22(17)30-24/h1-11,28-30H. The highest BCUT2D eigenvalue weighted by atomic mass is 19.1. The van der Waals surface area contributed by atoms with Crippen LogP contribution < -0.4 is 5.32 Å². The highest BCUT2D eigenvalue weighted by Crippen LogP contribution is 2.48. The molecule has 4 nitrogen and oxygen atoms in total. The number of benzene rings is 3. The summed E-state index contributed by atoms with van der Waals surface area (Å²) in [4.78, 5) is 20.0. The number of nitrogens with one attached hydrogen (secondary N) is 3. The minimum absolute atomic E-state index is 0.280. The van der Waals surface area contributed by atoms with Gasteiger partial charge in [0.2, 0.25) is 0 Å². The van der Waals surface area contributed by atoms with E-state index in [2.05, 4.69) is 15.3 Å². The zero-order valence-electron chi connectivity index (χ0n) is 15.9. The molecular formula is C24H14F3N3O. The highest BCUT2D eigenvalue weighted by Gasteiger charge is 2.50. The van der Waals surface area contributed by atoms with E-state index < -0.39 is 23.0 Å². The quantitative estimate of drug-likeness (QED) is 0.349. The number of carbonyl (C=O) groups is 1. The van der Waals surface area contributed by atoms with Crippen molar-refractivity contribution in [3.63, 3.8) is 0 Å². The third-order valence-electron chi connectivity index (χ3n) is 5.98. The number of carbonyl (C=O) groups excluding carboxylic acids is 1. The van der Waals surface area contributed by atoms with E-state index in [1.54, 1.807) is 24.5 Å². The van der Waals surface area contributed by atoms with Gasteiger partial charge in [0.1, 0.15) is 17.5 Å². The fourth-order valence-corrected chi connectivity index (χ4v) is 4.62. The lowest BCUT2D eigenvalue weighted by Gasteiger charge is -2.28. The zero-order valence-corrected chi connectivity index (χ0v) is 15.9. The summed E-state index contributed by atoms with van der Waals surface area (Å²) in [6.07, 6.45) is 3.30. The molecule has 0 aliphatic carbocycles. The number of H-pyrrole nitrogens is 2. The first-order chi connectivity index (χ1) is 15.0. The monoisotopic (exact) mass is 417 g/mol. The first-order valence-corrected chi connectivity index (χ1v) is 9.64. The van der Waals surface area contributed by atoms with Crippen molar-refractivity contribution in [1.29, 1.82) is 0 Å². The number of aromatic nitrogens is 2. The molecule has 7 heteroatoms. The molecule has 2 aromatic heterocycles. The predicted molar refractivity (Wildman–Crippen MR) is 112 cm³/mol. The zero-order chi connectivity index (χ0) is 21.3. The lowest BCUT2D eigenvalue weighted by Crippen LogP contribution is -2.39. The number of aromatic amines is 2. The van der Waals surface area contributed by atoms with Gasteiger partial charge in [0.15, 0.2) is 11.3 Å². The second-order valence-electron chi connectivity index (χ2n) is 7.68. The Hall–Kier alpha value is -4.00. The molecule has 0 spiro atoms. The largest absolute Gasteiger partial charge is 0.364 e. The van der Waals surface area contributed by atoms with Crippen molar-refractivity contribution in [2.75, 3.05) is 5.32 Å². The predicted octanol–water partition coefficient (Wildman–Crippen LogP) is 5.62. The van der Waals surface area contributed by atoms with E-state index >= 15 is 0 Å². The van der Waals surface area contributed by atoms with Crippen molar-refractivity contribution in [2.24, 2.45) is 0 Å². The van der Waals surface area contributed by atoms with Crippen LogP contribution in [-0.4, -0.2) is 15.8 Å². The van der Waals surface area contributed by atoms with Crippen molar-refractivity contribution in [1.82, 2.24) is 9.97 Å².